The second kappa shape index (κ2) is 5.16. The first-order valence-corrected chi connectivity index (χ1v) is 6.31. The predicted molar refractivity (Wildman–Crippen MR) is 79.5 cm³/mol. The summed E-state index contributed by atoms with van der Waals surface area (Å²) in [7, 11) is 1.56. The van der Waals surface area contributed by atoms with E-state index in [0.717, 1.165) is 0 Å². The normalized spacial score (nSPS) is 10.5. The number of aromatic nitrogens is 2. The largest absolute Gasteiger partial charge is 0.497 e. The number of ether oxygens (including phenoxy) is 1. The average molecular weight is 283 g/mol. The van der Waals surface area contributed by atoms with Gasteiger partial charge in [-0.05, 0) is 24.3 Å². The van der Waals surface area contributed by atoms with Crippen LogP contribution in [0.3, 0.4) is 0 Å². The lowest BCUT2D eigenvalue weighted by atomic mass is 10.2. The Labute approximate surface area is 120 Å². The van der Waals surface area contributed by atoms with Crippen molar-refractivity contribution in [1.29, 1.82) is 0 Å². The molecule has 6 heteroatoms. The van der Waals surface area contributed by atoms with Gasteiger partial charge < -0.3 is 15.3 Å². The van der Waals surface area contributed by atoms with Gasteiger partial charge in [0.1, 0.15) is 5.75 Å². The third kappa shape index (κ3) is 2.38. The van der Waals surface area contributed by atoms with Crippen LogP contribution in [0.1, 0.15) is 0 Å². The molecule has 2 N–H and O–H groups in total. The van der Waals surface area contributed by atoms with Gasteiger partial charge in [-0.2, -0.15) is 0 Å². The maximum Gasteiger partial charge on any atom is 0.295 e. The highest BCUT2D eigenvalue weighted by Crippen LogP contribution is 2.20. The molecule has 0 spiro atoms. The van der Waals surface area contributed by atoms with Crippen LogP contribution in [0.2, 0.25) is 0 Å². The van der Waals surface area contributed by atoms with Crippen LogP contribution in [-0.2, 0) is 0 Å². The molecule has 3 rings (SSSR count). The Morgan fingerprint density at radius 3 is 2.81 bits per heavy atom. The monoisotopic (exact) mass is 283 g/mol. The van der Waals surface area contributed by atoms with E-state index in [1.165, 1.54) is 0 Å². The van der Waals surface area contributed by atoms with E-state index >= 15 is 0 Å². The second-order valence-corrected chi connectivity index (χ2v) is 4.43. The van der Waals surface area contributed by atoms with Crippen molar-refractivity contribution >= 4 is 22.5 Å². The van der Waals surface area contributed by atoms with Crippen molar-refractivity contribution < 1.29 is 9.94 Å². The summed E-state index contributed by atoms with van der Waals surface area (Å²) in [6.07, 6.45) is 0. The number of methoxy groups -OCH3 is 1. The maximum atomic E-state index is 12.1. The molecule has 3 aromatic rings. The number of nitrogens with one attached hydrogen (secondary N) is 1. The van der Waals surface area contributed by atoms with Crippen LogP contribution in [0.5, 0.6) is 5.75 Å². The van der Waals surface area contributed by atoms with E-state index in [0.29, 0.717) is 27.1 Å². The quantitative estimate of drug-likeness (QED) is 0.722. The van der Waals surface area contributed by atoms with E-state index in [1.807, 2.05) is 0 Å². The van der Waals surface area contributed by atoms with Crippen LogP contribution in [0.4, 0.5) is 11.6 Å². The van der Waals surface area contributed by atoms with Gasteiger partial charge in [-0.3, -0.25) is 4.79 Å². The van der Waals surface area contributed by atoms with Crippen molar-refractivity contribution in [3.05, 3.63) is 58.9 Å². The Balaban J connectivity index is 2.08. The van der Waals surface area contributed by atoms with Crippen LogP contribution in [-0.4, -0.2) is 22.0 Å². The molecule has 0 saturated carbocycles. The number of nitrogens with zero attached hydrogens (tertiary/aromatic N) is 2. The molecule has 2 aromatic carbocycles. The standard InChI is InChI=1S/C15H13N3O3/c1-21-11-6-4-5-10(9-11)16-15-17-13-8-3-2-7-12(13)14(19)18(15)20/h2-9,20H,1H3,(H,16,17). The van der Waals surface area contributed by atoms with Gasteiger partial charge in [-0.1, -0.05) is 18.2 Å². The summed E-state index contributed by atoms with van der Waals surface area (Å²) in [4.78, 5) is 16.3. The molecule has 21 heavy (non-hydrogen) atoms. The minimum atomic E-state index is -0.522. The Morgan fingerprint density at radius 2 is 2.00 bits per heavy atom. The van der Waals surface area contributed by atoms with E-state index < -0.39 is 5.56 Å². The van der Waals surface area contributed by atoms with Crippen LogP contribution in [0, 0.1) is 0 Å². The Morgan fingerprint density at radius 1 is 1.19 bits per heavy atom. The number of benzene rings is 2. The summed E-state index contributed by atoms with van der Waals surface area (Å²) in [5.74, 6) is 0.708. The summed E-state index contributed by atoms with van der Waals surface area (Å²) >= 11 is 0. The summed E-state index contributed by atoms with van der Waals surface area (Å²) in [5.41, 5.74) is 0.642. The number of fused-ring (bicyclic) bond motifs is 1. The maximum absolute atomic E-state index is 12.1. The molecule has 1 heterocycles. The van der Waals surface area contributed by atoms with Gasteiger partial charge in [-0.15, -0.1) is 4.73 Å². The third-order valence-electron chi connectivity index (χ3n) is 3.08. The molecule has 0 fully saturated rings. The van der Waals surface area contributed by atoms with E-state index in [9.17, 15) is 10.0 Å². The molecule has 0 aliphatic heterocycles. The Kier molecular flexibility index (Phi) is 3.19. The third-order valence-corrected chi connectivity index (χ3v) is 3.08. The number of rotatable bonds is 3. The summed E-state index contributed by atoms with van der Waals surface area (Å²) in [5, 5.41) is 13.2. The molecule has 0 amide bonds. The van der Waals surface area contributed by atoms with Gasteiger partial charge in [0.25, 0.3) is 5.56 Å². The molecular formula is C15H13N3O3. The smallest absolute Gasteiger partial charge is 0.295 e. The van der Waals surface area contributed by atoms with Gasteiger partial charge >= 0.3 is 0 Å². The molecule has 106 valence electrons. The minimum absolute atomic E-state index is 0.0481. The van der Waals surface area contributed by atoms with Gasteiger partial charge in [0.2, 0.25) is 5.95 Å². The van der Waals surface area contributed by atoms with Crippen molar-refractivity contribution in [3.8, 4) is 5.75 Å². The van der Waals surface area contributed by atoms with Crippen molar-refractivity contribution in [2.24, 2.45) is 0 Å². The predicted octanol–water partition coefficient (Wildman–Crippen LogP) is 2.39. The molecule has 6 nitrogen and oxygen atoms in total. The number of hydrogen-bond acceptors (Lipinski definition) is 5. The summed E-state index contributed by atoms with van der Waals surface area (Å²) in [6.45, 7) is 0. The van der Waals surface area contributed by atoms with Crippen LogP contribution in [0.25, 0.3) is 10.9 Å². The van der Waals surface area contributed by atoms with E-state index in [-0.39, 0.29) is 5.95 Å². The summed E-state index contributed by atoms with van der Waals surface area (Å²) < 4.78 is 5.63. The summed E-state index contributed by atoms with van der Waals surface area (Å²) in [6, 6.07) is 13.9. The topological polar surface area (TPSA) is 76.4 Å². The number of hydrogen-bond donors (Lipinski definition) is 2. The zero-order chi connectivity index (χ0) is 14.8. The molecule has 0 saturated heterocycles. The fraction of sp³-hybridized carbons (Fsp3) is 0.0667. The average Bonchev–Trinajstić information content (AvgIpc) is 2.52. The van der Waals surface area contributed by atoms with E-state index in [2.05, 4.69) is 10.3 Å². The van der Waals surface area contributed by atoms with E-state index in [4.69, 9.17) is 4.74 Å². The van der Waals surface area contributed by atoms with Gasteiger partial charge in [0.15, 0.2) is 0 Å². The highest BCUT2D eigenvalue weighted by molar-refractivity contribution is 5.79. The Bertz CT molecular complexity index is 858. The highest BCUT2D eigenvalue weighted by Gasteiger charge is 2.10. The minimum Gasteiger partial charge on any atom is -0.497 e. The van der Waals surface area contributed by atoms with E-state index in [1.54, 1.807) is 55.6 Å². The van der Waals surface area contributed by atoms with Crippen molar-refractivity contribution in [1.82, 2.24) is 9.71 Å². The fourth-order valence-corrected chi connectivity index (χ4v) is 2.03. The molecule has 1 aromatic heterocycles. The molecule has 0 aliphatic rings. The lowest BCUT2D eigenvalue weighted by Crippen LogP contribution is -2.22. The highest BCUT2D eigenvalue weighted by atomic mass is 16.5. The number of anilines is 2. The first kappa shape index (κ1) is 13.0. The van der Waals surface area contributed by atoms with Crippen molar-refractivity contribution in [2.45, 2.75) is 0 Å². The van der Waals surface area contributed by atoms with Crippen molar-refractivity contribution in [3.63, 3.8) is 0 Å². The zero-order valence-electron chi connectivity index (χ0n) is 11.3. The molecule has 0 radical (unpaired) electrons. The number of para-hydroxylation sites is 1. The molecule has 0 atom stereocenters. The van der Waals surface area contributed by atoms with Crippen LogP contribution in [0.15, 0.2) is 53.3 Å². The zero-order valence-corrected chi connectivity index (χ0v) is 11.3. The molecule has 0 bridgehead atoms. The molecule has 0 unspecified atom stereocenters. The van der Waals surface area contributed by atoms with Gasteiger partial charge in [0, 0.05) is 11.8 Å². The Hall–Kier alpha value is -3.02. The fourth-order valence-electron chi connectivity index (χ4n) is 2.03. The second-order valence-electron chi connectivity index (χ2n) is 4.43. The van der Waals surface area contributed by atoms with Crippen molar-refractivity contribution in [2.75, 3.05) is 12.4 Å². The SMILES string of the molecule is COc1cccc(Nc2nc3ccccc3c(=O)n2O)c1. The lowest BCUT2D eigenvalue weighted by molar-refractivity contribution is 0.180. The lowest BCUT2D eigenvalue weighted by Gasteiger charge is -2.10. The first-order valence-electron chi connectivity index (χ1n) is 6.31. The van der Waals surface area contributed by atoms with Gasteiger partial charge in [0.05, 0.1) is 18.0 Å². The van der Waals surface area contributed by atoms with Crippen LogP contribution >= 0.6 is 0 Å². The van der Waals surface area contributed by atoms with Gasteiger partial charge in [-0.25, -0.2) is 4.98 Å². The first-order chi connectivity index (χ1) is 10.2. The molecule has 0 aliphatic carbocycles. The molecular weight excluding hydrogens is 270 g/mol. The van der Waals surface area contributed by atoms with Crippen LogP contribution < -0.4 is 15.6 Å².